The first-order valence-corrected chi connectivity index (χ1v) is 10.7. The Morgan fingerprint density at radius 3 is 2.17 bits per heavy atom. The molecule has 1 aliphatic rings. The quantitative estimate of drug-likeness (QED) is 0.493. The Hall–Kier alpha value is -4.39. The van der Waals surface area contributed by atoms with Crippen LogP contribution in [0, 0.1) is 17.2 Å². The van der Waals surface area contributed by atoms with E-state index in [1.165, 1.54) is 24.3 Å². The van der Waals surface area contributed by atoms with Crippen LogP contribution in [0.25, 0.3) is 11.1 Å². The largest absolute Gasteiger partial charge is 0.573 e. The molecule has 0 radical (unpaired) electrons. The standard InChI is InChI=1S/C25H19F3N4O3/c26-25(27,28)35-20-9-7-17(8-10-20)19-12-21(30-22(13-19)32-24(34)18-5-6-18)31-23(33)11-15-1-3-16(14-29)4-2-15/h1-4,7-10,12-13,18H,5-6,11H2,(H2,30,31,32,33,34). The highest BCUT2D eigenvalue weighted by Gasteiger charge is 2.31. The summed E-state index contributed by atoms with van der Waals surface area (Å²) in [5, 5.41) is 14.3. The number of amides is 2. The first-order chi connectivity index (χ1) is 16.7. The minimum absolute atomic E-state index is 0.0326. The van der Waals surface area contributed by atoms with Gasteiger partial charge in [-0.2, -0.15) is 5.26 Å². The van der Waals surface area contributed by atoms with E-state index in [0.29, 0.717) is 22.3 Å². The molecule has 178 valence electrons. The molecule has 0 aliphatic heterocycles. The van der Waals surface area contributed by atoms with Gasteiger partial charge in [0.05, 0.1) is 18.1 Å². The number of hydrogen-bond donors (Lipinski definition) is 2. The van der Waals surface area contributed by atoms with Crippen molar-refractivity contribution in [2.24, 2.45) is 5.92 Å². The van der Waals surface area contributed by atoms with E-state index in [-0.39, 0.29) is 41.5 Å². The number of carbonyl (C=O) groups excluding carboxylic acids is 2. The molecule has 35 heavy (non-hydrogen) atoms. The maximum absolute atomic E-state index is 12.6. The van der Waals surface area contributed by atoms with Crippen molar-refractivity contribution in [3.05, 3.63) is 71.8 Å². The molecular weight excluding hydrogens is 461 g/mol. The molecule has 2 aromatic carbocycles. The van der Waals surface area contributed by atoms with Gasteiger partial charge in [-0.25, -0.2) is 4.98 Å². The van der Waals surface area contributed by atoms with Crippen LogP contribution in [0.2, 0.25) is 0 Å². The first kappa shape index (κ1) is 23.8. The zero-order chi connectivity index (χ0) is 25.0. The molecule has 0 unspecified atom stereocenters. The number of pyridine rings is 1. The third kappa shape index (κ3) is 6.80. The van der Waals surface area contributed by atoms with E-state index in [1.807, 2.05) is 6.07 Å². The Morgan fingerprint density at radius 2 is 1.60 bits per heavy atom. The van der Waals surface area contributed by atoms with Crippen molar-refractivity contribution in [2.75, 3.05) is 10.6 Å². The number of ether oxygens (including phenoxy) is 1. The van der Waals surface area contributed by atoms with Gasteiger partial charge < -0.3 is 15.4 Å². The third-order valence-electron chi connectivity index (χ3n) is 5.16. The van der Waals surface area contributed by atoms with E-state index >= 15 is 0 Å². The van der Waals surface area contributed by atoms with Gasteiger partial charge >= 0.3 is 6.36 Å². The number of nitrogens with zero attached hydrogens (tertiary/aromatic N) is 2. The molecule has 1 heterocycles. The molecule has 1 aromatic heterocycles. The van der Waals surface area contributed by atoms with Gasteiger partial charge in [0.15, 0.2) is 0 Å². The molecule has 1 fully saturated rings. The number of halogens is 3. The Kier molecular flexibility index (Phi) is 6.68. The first-order valence-electron chi connectivity index (χ1n) is 10.7. The highest BCUT2D eigenvalue weighted by Crippen LogP contribution is 2.32. The molecule has 1 saturated carbocycles. The molecule has 3 aromatic rings. The Balaban J connectivity index is 1.55. The van der Waals surface area contributed by atoms with Crippen LogP contribution in [-0.4, -0.2) is 23.2 Å². The van der Waals surface area contributed by atoms with Gasteiger partial charge in [-0.3, -0.25) is 9.59 Å². The highest BCUT2D eigenvalue weighted by atomic mass is 19.4. The van der Waals surface area contributed by atoms with E-state index in [4.69, 9.17) is 5.26 Å². The topological polar surface area (TPSA) is 104 Å². The van der Waals surface area contributed by atoms with Gasteiger partial charge in [0.25, 0.3) is 0 Å². The second-order valence-corrected chi connectivity index (χ2v) is 8.00. The third-order valence-corrected chi connectivity index (χ3v) is 5.16. The number of aromatic nitrogens is 1. The molecule has 2 amide bonds. The van der Waals surface area contributed by atoms with Gasteiger partial charge in [-0.1, -0.05) is 24.3 Å². The van der Waals surface area contributed by atoms with E-state index < -0.39 is 6.36 Å². The Labute approximate surface area is 198 Å². The summed E-state index contributed by atoms with van der Waals surface area (Å²) in [6.45, 7) is 0. The minimum atomic E-state index is -4.80. The Morgan fingerprint density at radius 1 is 0.971 bits per heavy atom. The molecule has 4 rings (SSSR count). The predicted octanol–water partition coefficient (Wildman–Crippen LogP) is 5.05. The molecule has 10 heteroatoms. The van der Waals surface area contributed by atoms with Gasteiger partial charge in [-0.15, -0.1) is 13.2 Å². The normalized spacial score (nSPS) is 13.0. The second kappa shape index (κ2) is 9.85. The maximum Gasteiger partial charge on any atom is 0.573 e. The SMILES string of the molecule is N#Cc1ccc(CC(=O)Nc2cc(-c3ccc(OC(F)(F)F)cc3)cc(NC(=O)C3CC3)n2)cc1. The number of nitriles is 1. The number of hydrogen-bond acceptors (Lipinski definition) is 5. The smallest absolute Gasteiger partial charge is 0.406 e. The summed E-state index contributed by atoms with van der Waals surface area (Å²) in [6, 6.07) is 16.9. The number of anilines is 2. The zero-order valence-electron chi connectivity index (χ0n) is 18.2. The van der Waals surface area contributed by atoms with Crippen LogP contribution in [0.4, 0.5) is 24.8 Å². The summed E-state index contributed by atoms with van der Waals surface area (Å²) in [7, 11) is 0. The van der Waals surface area contributed by atoms with Crippen molar-refractivity contribution in [3.8, 4) is 22.9 Å². The number of rotatable bonds is 7. The fourth-order valence-electron chi connectivity index (χ4n) is 3.32. The lowest BCUT2D eigenvalue weighted by Crippen LogP contribution is -2.18. The van der Waals surface area contributed by atoms with Crippen molar-refractivity contribution in [1.29, 1.82) is 5.26 Å². The average Bonchev–Trinajstić information content (AvgIpc) is 3.64. The summed E-state index contributed by atoms with van der Waals surface area (Å²) in [4.78, 5) is 29.1. The second-order valence-electron chi connectivity index (χ2n) is 8.00. The molecule has 0 spiro atoms. The lowest BCUT2D eigenvalue weighted by Gasteiger charge is -2.12. The minimum Gasteiger partial charge on any atom is -0.406 e. The maximum atomic E-state index is 12.6. The number of alkyl halides is 3. The zero-order valence-corrected chi connectivity index (χ0v) is 18.2. The van der Waals surface area contributed by atoms with Crippen molar-refractivity contribution in [2.45, 2.75) is 25.6 Å². The van der Waals surface area contributed by atoms with Crippen LogP contribution in [0.5, 0.6) is 5.75 Å². The van der Waals surface area contributed by atoms with Gasteiger partial charge in [-0.05, 0) is 65.9 Å². The van der Waals surface area contributed by atoms with Crippen LogP contribution in [0.15, 0.2) is 60.7 Å². The summed E-state index contributed by atoms with van der Waals surface area (Å²) in [6.07, 6.45) is -3.18. The van der Waals surface area contributed by atoms with Crippen molar-refractivity contribution in [1.82, 2.24) is 4.98 Å². The predicted molar refractivity (Wildman–Crippen MR) is 121 cm³/mol. The van der Waals surface area contributed by atoms with E-state index in [1.54, 1.807) is 36.4 Å². The summed E-state index contributed by atoms with van der Waals surface area (Å²) in [5.41, 5.74) is 2.23. The molecule has 0 saturated heterocycles. The molecule has 0 bridgehead atoms. The number of nitrogens with one attached hydrogen (secondary N) is 2. The molecule has 0 atom stereocenters. The lowest BCUT2D eigenvalue weighted by molar-refractivity contribution is -0.274. The number of carbonyl (C=O) groups is 2. The molecule has 7 nitrogen and oxygen atoms in total. The summed E-state index contributed by atoms with van der Waals surface area (Å²) >= 11 is 0. The fourth-order valence-corrected chi connectivity index (χ4v) is 3.32. The van der Waals surface area contributed by atoms with Crippen LogP contribution < -0.4 is 15.4 Å². The van der Waals surface area contributed by atoms with E-state index in [0.717, 1.165) is 12.8 Å². The van der Waals surface area contributed by atoms with Gasteiger partial charge in [0.2, 0.25) is 11.8 Å². The molecule has 2 N–H and O–H groups in total. The summed E-state index contributed by atoms with van der Waals surface area (Å²) < 4.78 is 41.3. The van der Waals surface area contributed by atoms with Crippen LogP contribution >= 0.6 is 0 Å². The fraction of sp³-hybridized carbons (Fsp3) is 0.200. The van der Waals surface area contributed by atoms with Gasteiger partial charge in [0, 0.05) is 5.92 Å². The van der Waals surface area contributed by atoms with Crippen LogP contribution in [0.3, 0.4) is 0 Å². The van der Waals surface area contributed by atoms with Crippen LogP contribution in [0.1, 0.15) is 24.0 Å². The Bertz CT molecular complexity index is 1280. The van der Waals surface area contributed by atoms with E-state index in [9.17, 15) is 22.8 Å². The highest BCUT2D eigenvalue weighted by molar-refractivity contribution is 5.95. The number of benzene rings is 2. The van der Waals surface area contributed by atoms with Crippen molar-refractivity contribution < 1.29 is 27.5 Å². The van der Waals surface area contributed by atoms with Crippen molar-refractivity contribution in [3.63, 3.8) is 0 Å². The average molecular weight is 480 g/mol. The lowest BCUT2D eigenvalue weighted by atomic mass is 10.1. The van der Waals surface area contributed by atoms with E-state index in [2.05, 4.69) is 20.4 Å². The monoisotopic (exact) mass is 480 g/mol. The van der Waals surface area contributed by atoms with Crippen molar-refractivity contribution >= 4 is 23.5 Å². The summed E-state index contributed by atoms with van der Waals surface area (Å²) in [5.74, 6) is -0.611. The molecular formula is C25H19F3N4O3. The van der Waals surface area contributed by atoms with Gasteiger partial charge in [0.1, 0.15) is 17.4 Å². The molecule has 1 aliphatic carbocycles. The van der Waals surface area contributed by atoms with Crippen LogP contribution in [-0.2, 0) is 16.0 Å².